The zero-order valence-electron chi connectivity index (χ0n) is 10.3. The fraction of sp³-hybridized carbons (Fsp3) is 0.545. The van der Waals surface area contributed by atoms with Gasteiger partial charge >= 0.3 is 0 Å². The number of methoxy groups -OCH3 is 1. The highest BCUT2D eigenvalue weighted by Gasteiger charge is 2.18. The highest BCUT2D eigenvalue weighted by Crippen LogP contribution is 2.08. The van der Waals surface area contributed by atoms with Crippen LogP contribution in [0.15, 0.2) is 16.7 Å². The van der Waals surface area contributed by atoms with Gasteiger partial charge in [0.1, 0.15) is 12.0 Å². The zero-order valence-corrected chi connectivity index (χ0v) is 11.1. The summed E-state index contributed by atoms with van der Waals surface area (Å²) in [5.74, 6) is 0.407. The molecule has 5 nitrogen and oxygen atoms in total. The molecule has 0 saturated carbocycles. The lowest BCUT2D eigenvalue weighted by Gasteiger charge is -2.22. The molecule has 17 heavy (non-hydrogen) atoms. The average Bonchev–Trinajstić information content (AvgIpc) is 2.74. The van der Waals surface area contributed by atoms with E-state index in [1.54, 1.807) is 13.2 Å². The predicted octanol–water partition coefficient (Wildman–Crippen LogP) is 1.31. The molecule has 3 N–H and O–H groups in total. The summed E-state index contributed by atoms with van der Waals surface area (Å²) in [6.45, 7) is 4.52. The molecule has 1 rings (SSSR count). The molecule has 6 heteroatoms. The number of carbonyl (C=O) groups excluding carboxylic acids is 1. The van der Waals surface area contributed by atoms with Crippen LogP contribution in [0.25, 0.3) is 0 Å². The van der Waals surface area contributed by atoms with Gasteiger partial charge in [0.05, 0.1) is 17.7 Å². The Hall–Kier alpha value is -1.04. The standard InChI is InChI=1S/C11H18N2O3.ClH/c1-11(2,15-3)7-13-10(14)8-4-9(5-12)16-6-8;/h4,6H,5,7,12H2,1-3H3,(H,13,14);1H. The monoisotopic (exact) mass is 262 g/mol. The molecular weight excluding hydrogens is 244 g/mol. The Labute approximate surface area is 107 Å². The SMILES string of the molecule is COC(C)(C)CNC(=O)c1coc(CN)c1.Cl. The van der Waals surface area contributed by atoms with Crippen molar-refractivity contribution in [2.75, 3.05) is 13.7 Å². The van der Waals surface area contributed by atoms with Crippen LogP contribution in [0.4, 0.5) is 0 Å². The Kier molecular flexibility index (Phi) is 6.23. The van der Waals surface area contributed by atoms with E-state index in [9.17, 15) is 4.79 Å². The number of rotatable bonds is 5. The molecule has 0 saturated heterocycles. The predicted molar refractivity (Wildman–Crippen MR) is 67.3 cm³/mol. The number of carbonyl (C=O) groups is 1. The average molecular weight is 263 g/mol. The highest BCUT2D eigenvalue weighted by atomic mass is 35.5. The van der Waals surface area contributed by atoms with Crippen LogP contribution in [0.3, 0.4) is 0 Å². The molecule has 1 amide bonds. The fourth-order valence-electron chi connectivity index (χ4n) is 1.07. The molecule has 0 aliphatic carbocycles. The van der Waals surface area contributed by atoms with Gasteiger partial charge in [-0.25, -0.2) is 0 Å². The smallest absolute Gasteiger partial charge is 0.254 e. The zero-order chi connectivity index (χ0) is 12.2. The van der Waals surface area contributed by atoms with Crippen molar-refractivity contribution in [2.45, 2.75) is 26.0 Å². The van der Waals surface area contributed by atoms with Crippen LogP contribution in [0.5, 0.6) is 0 Å². The van der Waals surface area contributed by atoms with E-state index in [-0.39, 0.29) is 30.5 Å². The van der Waals surface area contributed by atoms with Crippen LogP contribution in [0.2, 0.25) is 0 Å². The largest absolute Gasteiger partial charge is 0.467 e. The van der Waals surface area contributed by atoms with Crippen LogP contribution in [0.1, 0.15) is 30.0 Å². The Balaban J connectivity index is 0.00000256. The summed E-state index contributed by atoms with van der Waals surface area (Å²) in [6, 6.07) is 1.63. The van der Waals surface area contributed by atoms with Crippen molar-refractivity contribution in [1.29, 1.82) is 0 Å². The lowest BCUT2D eigenvalue weighted by Crippen LogP contribution is -2.39. The molecule has 1 heterocycles. The van der Waals surface area contributed by atoms with Gasteiger partial charge in [0.25, 0.3) is 5.91 Å². The first-order chi connectivity index (χ1) is 7.48. The normalized spacial score (nSPS) is 10.8. The van der Waals surface area contributed by atoms with Crippen LogP contribution in [-0.2, 0) is 11.3 Å². The maximum absolute atomic E-state index is 11.7. The van der Waals surface area contributed by atoms with Crippen molar-refractivity contribution in [3.8, 4) is 0 Å². The molecular formula is C11H19ClN2O3. The minimum Gasteiger partial charge on any atom is -0.467 e. The highest BCUT2D eigenvalue weighted by molar-refractivity contribution is 5.94. The van der Waals surface area contributed by atoms with Gasteiger partial charge in [-0.05, 0) is 19.9 Å². The van der Waals surface area contributed by atoms with E-state index in [2.05, 4.69) is 5.32 Å². The lowest BCUT2D eigenvalue weighted by atomic mass is 10.1. The molecule has 0 aromatic carbocycles. The molecule has 1 aromatic heterocycles. The molecule has 0 radical (unpaired) electrons. The number of halogens is 1. The minimum atomic E-state index is -0.379. The molecule has 98 valence electrons. The van der Waals surface area contributed by atoms with Gasteiger partial charge in [-0.2, -0.15) is 0 Å². The van der Waals surface area contributed by atoms with Crippen molar-refractivity contribution in [1.82, 2.24) is 5.32 Å². The van der Waals surface area contributed by atoms with E-state index in [0.29, 0.717) is 17.9 Å². The first-order valence-corrected chi connectivity index (χ1v) is 5.09. The van der Waals surface area contributed by atoms with E-state index in [1.165, 1.54) is 6.26 Å². The van der Waals surface area contributed by atoms with Gasteiger partial charge in [0.2, 0.25) is 0 Å². The first-order valence-electron chi connectivity index (χ1n) is 5.09. The molecule has 0 spiro atoms. The second kappa shape index (κ2) is 6.64. The summed E-state index contributed by atoms with van der Waals surface area (Å²) >= 11 is 0. The van der Waals surface area contributed by atoms with Gasteiger partial charge in [-0.15, -0.1) is 12.4 Å². The van der Waals surface area contributed by atoms with Gasteiger partial charge in [0, 0.05) is 13.7 Å². The number of ether oxygens (including phenoxy) is 1. The number of hydrogen-bond acceptors (Lipinski definition) is 4. The van der Waals surface area contributed by atoms with E-state index < -0.39 is 0 Å². The van der Waals surface area contributed by atoms with Crippen molar-refractivity contribution < 1.29 is 13.9 Å². The van der Waals surface area contributed by atoms with Gasteiger partial charge in [-0.1, -0.05) is 0 Å². The Morgan fingerprint density at radius 3 is 2.71 bits per heavy atom. The Morgan fingerprint density at radius 2 is 2.24 bits per heavy atom. The van der Waals surface area contributed by atoms with Crippen molar-refractivity contribution in [3.05, 3.63) is 23.7 Å². The maximum atomic E-state index is 11.7. The number of nitrogens with two attached hydrogens (primary N) is 1. The van der Waals surface area contributed by atoms with Crippen molar-refractivity contribution >= 4 is 18.3 Å². The van der Waals surface area contributed by atoms with Gasteiger partial charge in [0.15, 0.2) is 0 Å². The molecule has 0 atom stereocenters. The number of hydrogen-bond donors (Lipinski definition) is 2. The van der Waals surface area contributed by atoms with Crippen LogP contribution in [-0.4, -0.2) is 25.2 Å². The summed E-state index contributed by atoms with van der Waals surface area (Å²) in [5, 5.41) is 2.76. The number of furan rings is 1. The maximum Gasteiger partial charge on any atom is 0.254 e. The topological polar surface area (TPSA) is 77.5 Å². The molecule has 0 aliphatic heterocycles. The van der Waals surface area contributed by atoms with Crippen molar-refractivity contribution in [3.63, 3.8) is 0 Å². The summed E-state index contributed by atoms with van der Waals surface area (Å²) < 4.78 is 10.3. The minimum absolute atomic E-state index is 0. The molecule has 0 bridgehead atoms. The molecule has 0 fully saturated rings. The first kappa shape index (κ1) is 16.0. The summed E-state index contributed by atoms with van der Waals surface area (Å²) in [4.78, 5) is 11.7. The molecule has 0 unspecified atom stereocenters. The van der Waals surface area contributed by atoms with Crippen LogP contribution < -0.4 is 11.1 Å². The third kappa shape index (κ3) is 4.77. The van der Waals surface area contributed by atoms with E-state index in [1.807, 2.05) is 13.8 Å². The quantitative estimate of drug-likeness (QED) is 0.839. The van der Waals surface area contributed by atoms with Crippen LogP contribution >= 0.6 is 12.4 Å². The number of amides is 1. The Bertz CT molecular complexity index is 363. The lowest BCUT2D eigenvalue weighted by molar-refractivity contribution is 0.0228. The molecule has 0 aliphatic rings. The van der Waals surface area contributed by atoms with E-state index in [0.717, 1.165) is 0 Å². The third-order valence-electron chi connectivity index (χ3n) is 2.34. The second-order valence-corrected chi connectivity index (χ2v) is 4.15. The van der Waals surface area contributed by atoms with Gasteiger partial charge in [-0.3, -0.25) is 4.79 Å². The summed E-state index contributed by atoms with van der Waals surface area (Å²) in [5.41, 5.74) is 5.48. The third-order valence-corrected chi connectivity index (χ3v) is 2.34. The molecule has 1 aromatic rings. The van der Waals surface area contributed by atoms with E-state index >= 15 is 0 Å². The van der Waals surface area contributed by atoms with Gasteiger partial charge < -0.3 is 20.2 Å². The second-order valence-electron chi connectivity index (χ2n) is 4.15. The summed E-state index contributed by atoms with van der Waals surface area (Å²) in [7, 11) is 1.61. The Morgan fingerprint density at radius 1 is 1.59 bits per heavy atom. The summed E-state index contributed by atoms with van der Waals surface area (Å²) in [6.07, 6.45) is 1.40. The van der Waals surface area contributed by atoms with Crippen LogP contribution in [0, 0.1) is 0 Å². The fourth-order valence-corrected chi connectivity index (χ4v) is 1.07. The number of nitrogens with one attached hydrogen (secondary N) is 1. The van der Waals surface area contributed by atoms with E-state index in [4.69, 9.17) is 14.9 Å². The van der Waals surface area contributed by atoms with Crippen molar-refractivity contribution in [2.24, 2.45) is 5.73 Å².